The molecule has 0 aliphatic carbocycles. The molecule has 0 unspecified atom stereocenters. The number of rotatable bonds is 2. The molecule has 0 saturated heterocycles. The first-order chi connectivity index (χ1) is 6.42. The second kappa shape index (κ2) is 3.61. The van der Waals surface area contributed by atoms with Crippen LogP contribution in [-0.2, 0) is 9.53 Å². The lowest BCUT2D eigenvalue weighted by Gasteiger charge is -2.18. The van der Waals surface area contributed by atoms with Gasteiger partial charge in [-0.15, -0.1) is 0 Å². The Morgan fingerprint density at radius 1 is 1.57 bits per heavy atom. The molecule has 14 heavy (non-hydrogen) atoms. The lowest BCUT2D eigenvalue weighted by molar-refractivity contribution is 0.00625. The van der Waals surface area contributed by atoms with E-state index in [1.807, 2.05) is 0 Å². The van der Waals surface area contributed by atoms with Gasteiger partial charge in [0, 0.05) is 6.20 Å². The van der Waals surface area contributed by atoms with E-state index in [0.717, 1.165) is 4.68 Å². The summed E-state index contributed by atoms with van der Waals surface area (Å²) >= 11 is 0. The van der Waals surface area contributed by atoms with Gasteiger partial charge in [0.25, 0.3) is 0 Å². The molecule has 1 heterocycles. The Morgan fingerprint density at radius 2 is 2.21 bits per heavy atom. The van der Waals surface area contributed by atoms with Crippen LogP contribution in [0.4, 0.5) is 0 Å². The summed E-state index contributed by atoms with van der Waals surface area (Å²) in [5, 5.41) is 3.63. The number of aromatic nitrogens is 2. The van der Waals surface area contributed by atoms with Crippen molar-refractivity contribution in [3.63, 3.8) is 0 Å². The van der Waals surface area contributed by atoms with Crippen LogP contribution in [0.3, 0.4) is 0 Å². The fourth-order valence-corrected chi connectivity index (χ4v) is 0.814. The smallest absolute Gasteiger partial charge is 0.359 e. The van der Waals surface area contributed by atoms with E-state index >= 15 is 0 Å². The van der Waals surface area contributed by atoms with Crippen LogP contribution in [0.1, 0.15) is 31.3 Å². The van der Waals surface area contributed by atoms with Crippen LogP contribution >= 0.6 is 0 Å². The van der Waals surface area contributed by atoms with Gasteiger partial charge in [-0.25, -0.2) is 4.79 Å². The van der Waals surface area contributed by atoms with Crippen molar-refractivity contribution >= 4 is 12.4 Å². The van der Waals surface area contributed by atoms with E-state index in [9.17, 15) is 9.59 Å². The molecule has 0 saturated carbocycles. The van der Waals surface area contributed by atoms with Gasteiger partial charge in [0.15, 0.2) is 5.69 Å². The SMILES string of the molecule is CC(C)(C)OC(=O)c1ccn([C]=O)n1. The summed E-state index contributed by atoms with van der Waals surface area (Å²) in [6.07, 6.45) is 2.85. The maximum atomic E-state index is 11.4. The highest BCUT2D eigenvalue weighted by atomic mass is 16.6. The number of hydrogen-bond acceptors (Lipinski definition) is 4. The van der Waals surface area contributed by atoms with Gasteiger partial charge in [-0.05, 0) is 26.8 Å². The zero-order valence-electron chi connectivity index (χ0n) is 8.27. The van der Waals surface area contributed by atoms with E-state index in [1.165, 1.54) is 18.7 Å². The summed E-state index contributed by atoms with van der Waals surface area (Å²) in [5.41, 5.74) is -0.463. The van der Waals surface area contributed by atoms with Crippen molar-refractivity contribution in [1.29, 1.82) is 0 Å². The lowest BCUT2D eigenvalue weighted by Crippen LogP contribution is -2.24. The minimum Gasteiger partial charge on any atom is -0.455 e. The van der Waals surface area contributed by atoms with E-state index in [-0.39, 0.29) is 5.69 Å². The minimum atomic E-state index is -0.564. The average Bonchev–Trinajstić information content (AvgIpc) is 2.48. The third kappa shape index (κ3) is 2.69. The molecule has 0 N–H and O–H groups in total. The zero-order valence-corrected chi connectivity index (χ0v) is 8.27. The highest BCUT2D eigenvalue weighted by Gasteiger charge is 2.19. The Labute approximate surface area is 81.7 Å². The van der Waals surface area contributed by atoms with Gasteiger partial charge in [-0.3, -0.25) is 4.79 Å². The Hall–Kier alpha value is -1.65. The highest BCUT2D eigenvalue weighted by molar-refractivity contribution is 5.87. The maximum Gasteiger partial charge on any atom is 0.359 e. The summed E-state index contributed by atoms with van der Waals surface area (Å²) in [6.45, 7) is 5.27. The third-order valence-electron chi connectivity index (χ3n) is 1.29. The molecule has 0 aromatic carbocycles. The Balaban J connectivity index is 2.75. The van der Waals surface area contributed by atoms with Gasteiger partial charge in [-0.1, -0.05) is 0 Å². The van der Waals surface area contributed by atoms with Gasteiger partial charge >= 0.3 is 12.4 Å². The van der Waals surface area contributed by atoms with Gasteiger partial charge in [0.2, 0.25) is 0 Å². The molecule has 0 atom stereocenters. The molecular formula is C9H11N2O3. The highest BCUT2D eigenvalue weighted by Crippen LogP contribution is 2.10. The van der Waals surface area contributed by atoms with Crippen LogP contribution < -0.4 is 0 Å². The van der Waals surface area contributed by atoms with Crippen LogP contribution in [0.15, 0.2) is 12.3 Å². The maximum absolute atomic E-state index is 11.4. The molecule has 0 fully saturated rings. The Morgan fingerprint density at radius 3 is 2.64 bits per heavy atom. The van der Waals surface area contributed by atoms with Crippen LogP contribution in [0.25, 0.3) is 0 Å². The quantitative estimate of drug-likeness (QED) is 0.653. The van der Waals surface area contributed by atoms with E-state index < -0.39 is 11.6 Å². The fourth-order valence-electron chi connectivity index (χ4n) is 0.814. The Kier molecular flexibility index (Phi) is 2.69. The normalized spacial score (nSPS) is 11.1. The van der Waals surface area contributed by atoms with Crippen LogP contribution in [0.5, 0.6) is 0 Å². The molecule has 1 rings (SSSR count). The monoisotopic (exact) mass is 195 g/mol. The summed E-state index contributed by atoms with van der Waals surface area (Å²) in [5.74, 6) is -0.550. The first-order valence-electron chi connectivity index (χ1n) is 4.09. The topological polar surface area (TPSA) is 61.2 Å². The molecular weight excluding hydrogens is 184 g/mol. The molecule has 5 nitrogen and oxygen atoms in total. The Bertz CT molecular complexity index is 349. The molecule has 75 valence electrons. The molecule has 1 radical (unpaired) electrons. The average molecular weight is 195 g/mol. The molecule has 1 aromatic heterocycles. The van der Waals surface area contributed by atoms with Crippen LogP contribution in [-0.4, -0.2) is 27.8 Å². The first kappa shape index (κ1) is 10.4. The summed E-state index contributed by atoms with van der Waals surface area (Å²) in [4.78, 5) is 21.5. The number of ether oxygens (including phenoxy) is 1. The second-order valence-corrected chi connectivity index (χ2v) is 3.74. The largest absolute Gasteiger partial charge is 0.455 e. The third-order valence-corrected chi connectivity index (χ3v) is 1.29. The number of nitrogens with zero attached hydrogens (tertiary/aromatic N) is 2. The zero-order chi connectivity index (χ0) is 10.8. The standard InChI is InChI=1S/C9H11N2O3/c1-9(2,3)14-8(13)7-4-5-11(6-12)10-7/h4-5H,1-3H3. The summed E-state index contributed by atoms with van der Waals surface area (Å²) in [6, 6.07) is 1.40. The molecule has 0 aliphatic rings. The van der Waals surface area contributed by atoms with Crippen molar-refractivity contribution in [3.8, 4) is 0 Å². The van der Waals surface area contributed by atoms with Crippen molar-refractivity contribution in [2.45, 2.75) is 26.4 Å². The van der Waals surface area contributed by atoms with Crippen molar-refractivity contribution < 1.29 is 14.3 Å². The van der Waals surface area contributed by atoms with E-state index in [4.69, 9.17) is 4.74 Å². The number of esters is 1. The lowest BCUT2D eigenvalue weighted by atomic mass is 10.2. The molecule has 0 amide bonds. The predicted octanol–water partition coefficient (Wildman–Crippen LogP) is 0.754. The van der Waals surface area contributed by atoms with Crippen molar-refractivity contribution in [2.24, 2.45) is 0 Å². The minimum absolute atomic E-state index is 0.100. The van der Waals surface area contributed by atoms with Crippen molar-refractivity contribution in [3.05, 3.63) is 18.0 Å². The van der Waals surface area contributed by atoms with Gasteiger partial charge in [0.1, 0.15) is 5.60 Å². The summed E-state index contributed by atoms with van der Waals surface area (Å²) < 4.78 is 5.93. The van der Waals surface area contributed by atoms with Gasteiger partial charge in [0.05, 0.1) is 0 Å². The van der Waals surface area contributed by atoms with Crippen LogP contribution in [0, 0.1) is 0 Å². The second-order valence-electron chi connectivity index (χ2n) is 3.74. The van der Waals surface area contributed by atoms with Gasteiger partial charge < -0.3 is 4.74 Å². The molecule has 0 aliphatic heterocycles. The van der Waals surface area contributed by atoms with Crippen LogP contribution in [0.2, 0.25) is 0 Å². The molecule has 0 bridgehead atoms. The van der Waals surface area contributed by atoms with E-state index in [2.05, 4.69) is 5.10 Å². The number of carbonyl (C=O) groups is 1. The predicted molar refractivity (Wildman–Crippen MR) is 48.5 cm³/mol. The number of hydrogen-bond donors (Lipinski definition) is 0. The fraction of sp³-hybridized carbons (Fsp3) is 0.444. The molecule has 0 spiro atoms. The van der Waals surface area contributed by atoms with Crippen molar-refractivity contribution in [1.82, 2.24) is 9.78 Å². The summed E-state index contributed by atoms with van der Waals surface area (Å²) in [7, 11) is 0. The molecule has 1 aromatic rings. The van der Waals surface area contributed by atoms with Crippen molar-refractivity contribution in [2.75, 3.05) is 0 Å². The van der Waals surface area contributed by atoms with E-state index in [0.29, 0.717) is 0 Å². The molecule has 5 heteroatoms. The van der Waals surface area contributed by atoms with Gasteiger partial charge in [-0.2, -0.15) is 9.78 Å². The van der Waals surface area contributed by atoms with E-state index in [1.54, 1.807) is 20.8 Å². The number of carbonyl (C=O) groups excluding carboxylic acids is 2. The first-order valence-corrected chi connectivity index (χ1v) is 4.09.